The van der Waals surface area contributed by atoms with Gasteiger partial charge in [0.15, 0.2) is 5.82 Å². The van der Waals surface area contributed by atoms with E-state index in [0.29, 0.717) is 24.5 Å². The van der Waals surface area contributed by atoms with Crippen molar-refractivity contribution >= 4 is 5.91 Å². The van der Waals surface area contributed by atoms with E-state index in [1.807, 2.05) is 30.3 Å². The maximum absolute atomic E-state index is 12.1. The van der Waals surface area contributed by atoms with Crippen LogP contribution < -0.4 is 0 Å². The highest BCUT2D eigenvalue weighted by atomic mass is 16.2. The van der Waals surface area contributed by atoms with Crippen molar-refractivity contribution in [2.45, 2.75) is 20.0 Å². The van der Waals surface area contributed by atoms with Crippen LogP contribution in [0.4, 0.5) is 0 Å². The van der Waals surface area contributed by atoms with Gasteiger partial charge in [-0.2, -0.15) is 5.21 Å². The Labute approximate surface area is 111 Å². The topological polar surface area (TPSA) is 74.8 Å². The molecule has 6 heteroatoms. The first-order valence-corrected chi connectivity index (χ1v) is 5.88. The van der Waals surface area contributed by atoms with Crippen molar-refractivity contribution in [2.24, 2.45) is 0 Å². The molecule has 1 aromatic heterocycles. The van der Waals surface area contributed by atoms with Gasteiger partial charge < -0.3 is 4.90 Å². The van der Waals surface area contributed by atoms with Crippen LogP contribution in [0.1, 0.15) is 18.3 Å². The van der Waals surface area contributed by atoms with Crippen molar-refractivity contribution in [3.63, 3.8) is 0 Å². The van der Waals surface area contributed by atoms with Crippen LogP contribution in [0.25, 0.3) is 0 Å². The molecular formula is C13H15N5O. The number of rotatable bonds is 5. The zero-order valence-electron chi connectivity index (χ0n) is 10.7. The summed E-state index contributed by atoms with van der Waals surface area (Å²) < 4.78 is 0. The molecule has 0 spiro atoms. The Balaban J connectivity index is 2.14. The minimum atomic E-state index is -0.117. The molecule has 1 aromatic carbocycles. The van der Waals surface area contributed by atoms with Gasteiger partial charge in [-0.05, 0) is 12.5 Å². The van der Waals surface area contributed by atoms with E-state index in [0.717, 1.165) is 5.56 Å². The lowest BCUT2D eigenvalue weighted by molar-refractivity contribution is -0.128. The Morgan fingerprint density at radius 3 is 2.63 bits per heavy atom. The minimum Gasteiger partial charge on any atom is -0.327 e. The Bertz CT molecular complexity index is 550. The highest BCUT2D eigenvalue weighted by Gasteiger charge is 2.16. The molecule has 6 nitrogen and oxygen atoms in total. The van der Waals surface area contributed by atoms with Gasteiger partial charge in [0.25, 0.3) is 0 Å². The highest BCUT2D eigenvalue weighted by molar-refractivity contribution is 5.92. The lowest BCUT2D eigenvalue weighted by atomic mass is 10.2. The standard InChI is InChI=1S/C13H15N5O/c1-10(2)13(19)18(9-12-14-16-17-15-12)8-11-6-4-3-5-7-11/h3-7H,1,8-9H2,2H3,(H,14,15,16,17). The van der Waals surface area contributed by atoms with Crippen LogP contribution in [-0.4, -0.2) is 31.4 Å². The molecule has 0 atom stereocenters. The van der Waals surface area contributed by atoms with E-state index in [9.17, 15) is 4.79 Å². The summed E-state index contributed by atoms with van der Waals surface area (Å²) in [5.41, 5.74) is 1.53. The average molecular weight is 257 g/mol. The van der Waals surface area contributed by atoms with E-state index in [4.69, 9.17) is 0 Å². The molecule has 0 aliphatic rings. The van der Waals surface area contributed by atoms with Gasteiger partial charge in [0.2, 0.25) is 5.91 Å². The molecule has 0 saturated heterocycles. The van der Waals surface area contributed by atoms with Crippen LogP contribution in [-0.2, 0) is 17.9 Å². The number of tetrazole rings is 1. The van der Waals surface area contributed by atoms with Crippen molar-refractivity contribution in [3.05, 3.63) is 53.9 Å². The Kier molecular flexibility index (Phi) is 4.02. The second-order valence-electron chi connectivity index (χ2n) is 4.26. The maximum atomic E-state index is 12.1. The summed E-state index contributed by atoms with van der Waals surface area (Å²) in [5.74, 6) is 0.360. The molecule has 19 heavy (non-hydrogen) atoms. The van der Waals surface area contributed by atoms with Gasteiger partial charge in [-0.25, -0.2) is 0 Å². The molecule has 0 aliphatic heterocycles. The second-order valence-corrected chi connectivity index (χ2v) is 4.26. The van der Waals surface area contributed by atoms with E-state index in [-0.39, 0.29) is 5.91 Å². The summed E-state index contributed by atoms with van der Waals surface area (Å²) in [7, 11) is 0. The van der Waals surface area contributed by atoms with Gasteiger partial charge in [0.05, 0.1) is 6.54 Å². The second kappa shape index (κ2) is 5.90. The van der Waals surface area contributed by atoms with Crippen molar-refractivity contribution in [1.82, 2.24) is 25.5 Å². The number of nitrogens with one attached hydrogen (secondary N) is 1. The Morgan fingerprint density at radius 2 is 2.05 bits per heavy atom. The highest BCUT2D eigenvalue weighted by Crippen LogP contribution is 2.10. The number of aromatic amines is 1. The summed E-state index contributed by atoms with van der Waals surface area (Å²) >= 11 is 0. The maximum Gasteiger partial charge on any atom is 0.249 e. The van der Waals surface area contributed by atoms with Crippen molar-refractivity contribution in [2.75, 3.05) is 0 Å². The monoisotopic (exact) mass is 257 g/mol. The summed E-state index contributed by atoms with van der Waals surface area (Å²) in [6, 6.07) is 9.75. The van der Waals surface area contributed by atoms with Crippen LogP contribution in [0, 0.1) is 0 Å². The van der Waals surface area contributed by atoms with Crippen LogP contribution in [0.3, 0.4) is 0 Å². The number of nitrogens with zero attached hydrogens (tertiary/aromatic N) is 4. The fraction of sp³-hybridized carbons (Fsp3) is 0.231. The van der Waals surface area contributed by atoms with Crippen molar-refractivity contribution in [1.29, 1.82) is 0 Å². The minimum absolute atomic E-state index is 0.117. The zero-order chi connectivity index (χ0) is 13.7. The number of H-pyrrole nitrogens is 1. The summed E-state index contributed by atoms with van der Waals surface area (Å²) in [5, 5.41) is 13.6. The van der Waals surface area contributed by atoms with Gasteiger partial charge in [-0.3, -0.25) is 4.79 Å². The predicted molar refractivity (Wildman–Crippen MR) is 69.7 cm³/mol. The molecule has 0 fully saturated rings. The quantitative estimate of drug-likeness (QED) is 0.819. The summed E-state index contributed by atoms with van der Waals surface area (Å²) in [4.78, 5) is 13.8. The molecular weight excluding hydrogens is 242 g/mol. The summed E-state index contributed by atoms with van der Waals surface area (Å²) in [6.07, 6.45) is 0. The molecule has 0 bridgehead atoms. The Morgan fingerprint density at radius 1 is 1.32 bits per heavy atom. The van der Waals surface area contributed by atoms with Gasteiger partial charge in [-0.1, -0.05) is 42.1 Å². The predicted octanol–water partition coefficient (Wildman–Crippen LogP) is 1.30. The molecule has 1 amide bonds. The van der Waals surface area contributed by atoms with Gasteiger partial charge in [0.1, 0.15) is 0 Å². The number of hydrogen-bond donors (Lipinski definition) is 1. The average Bonchev–Trinajstić information content (AvgIpc) is 2.91. The van der Waals surface area contributed by atoms with Crippen LogP contribution in [0.5, 0.6) is 0 Å². The molecule has 2 rings (SSSR count). The van der Waals surface area contributed by atoms with Crippen LogP contribution >= 0.6 is 0 Å². The number of carbonyl (C=O) groups excluding carboxylic acids is 1. The molecule has 0 saturated carbocycles. The first kappa shape index (κ1) is 12.9. The van der Waals surface area contributed by atoms with E-state index >= 15 is 0 Å². The largest absolute Gasteiger partial charge is 0.327 e. The third kappa shape index (κ3) is 3.48. The molecule has 0 unspecified atom stereocenters. The SMILES string of the molecule is C=C(C)C(=O)N(Cc1ccccc1)Cc1nn[nH]n1. The summed E-state index contributed by atoms with van der Waals surface area (Å²) in [6.45, 7) is 6.17. The van der Waals surface area contributed by atoms with Crippen molar-refractivity contribution in [3.8, 4) is 0 Å². The van der Waals surface area contributed by atoms with Crippen molar-refractivity contribution < 1.29 is 4.79 Å². The number of carbonyl (C=O) groups is 1. The number of benzene rings is 1. The van der Waals surface area contributed by atoms with Gasteiger partial charge >= 0.3 is 0 Å². The number of amides is 1. The first-order valence-electron chi connectivity index (χ1n) is 5.88. The van der Waals surface area contributed by atoms with Crippen LogP contribution in [0.2, 0.25) is 0 Å². The Hall–Kier alpha value is -2.50. The third-order valence-corrected chi connectivity index (χ3v) is 2.59. The normalized spacial score (nSPS) is 10.2. The molecule has 1 N–H and O–H groups in total. The van der Waals surface area contributed by atoms with E-state index < -0.39 is 0 Å². The van der Waals surface area contributed by atoms with Gasteiger partial charge in [0, 0.05) is 12.1 Å². The lowest BCUT2D eigenvalue weighted by Gasteiger charge is -2.21. The third-order valence-electron chi connectivity index (χ3n) is 2.59. The van der Waals surface area contributed by atoms with E-state index in [2.05, 4.69) is 27.2 Å². The fourth-order valence-corrected chi connectivity index (χ4v) is 1.69. The molecule has 1 heterocycles. The zero-order valence-corrected chi connectivity index (χ0v) is 10.7. The lowest BCUT2D eigenvalue weighted by Crippen LogP contribution is -2.30. The molecule has 0 aliphatic carbocycles. The van der Waals surface area contributed by atoms with E-state index in [1.165, 1.54) is 0 Å². The van der Waals surface area contributed by atoms with E-state index in [1.54, 1.807) is 11.8 Å². The fourth-order valence-electron chi connectivity index (χ4n) is 1.69. The molecule has 2 aromatic rings. The number of hydrogen-bond acceptors (Lipinski definition) is 4. The molecule has 98 valence electrons. The van der Waals surface area contributed by atoms with Gasteiger partial charge in [-0.15, -0.1) is 10.2 Å². The number of aromatic nitrogens is 4. The first-order chi connectivity index (χ1) is 9.16. The smallest absolute Gasteiger partial charge is 0.249 e. The molecule has 0 radical (unpaired) electrons. The van der Waals surface area contributed by atoms with Crippen LogP contribution in [0.15, 0.2) is 42.5 Å².